The van der Waals surface area contributed by atoms with Crippen LogP contribution in [-0.2, 0) is 32.5 Å². The van der Waals surface area contributed by atoms with E-state index >= 15 is 0 Å². The largest absolute Gasteiger partial charge is 0.440 e. The van der Waals surface area contributed by atoms with Crippen LogP contribution in [0.15, 0.2) is 114 Å². The van der Waals surface area contributed by atoms with E-state index < -0.39 is 0 Å². The van der Waals surface area contributed by atoms with E-state index in [4.69, 9.17) is 4.42 Å². The minimum absolute atomic E-state index is 0.0267. The van der Waals surface area contributed by atoms with Crippen LogP contribution in [-0.4, -0.2) is 6.85 Å². The van der Waals surface area contributed by atoms with Gasteiger partial charge >= 0.3 is 6.85 Å². The van der Waals surface area contributed by atoms with Crippen molar-refractivity contribution in [3.05, 3.63) is 148 Å². The zero-order valence-corrected chi connectivity index (χ0v) is 43.1. The quantitative estimate of drug-likeness (QED) is 0.165. The van der Waals surface area contributed by atoms with E-state index in [-0.39, 0.29) is 39.3 Å². The summed E-state index contributed by atoms with van der Waals surface area (Å²) >= 11 is 0. The van der Waals surface area contributed by atoms with Crippen molar-refractivity contribution in [2.45, 2.75) is 162 Å². The number of anilines is 5. The Morgan fingerprint density at radius 2 is 1.04 bits per heavy atom. The van der Waals surface area contributed by atoms with Crippen LogP contribution in [0.2, 0.25) is 0 Å². The van der Waals surface area contributed by atoms with Gasteiger partial charge in [-0.25, -0.2) is 0 Å². The Labute approximate surface area is 402 Å². The summed E-state index contributed by atoms with van der Waals surface area (Å²) in [6.45, 7) is 35.7. The van der Waals surface area contributed by atoms with Crippen molar-refractivity contribution in [3.63, 3.8) is 0 Å². The van der Waals surface area contributed by atoms with Crippen molar-refractivity contribution in [1.29, 1.82) is 0 Å². The third kappa shape index (κ3) is 6.73. The van der Waals surface area contributed by atoms with E-state index in [2.05, 4.69) is 223 Å². The van der Waals surface area contributed by atoms with Crippen molar-refractivity contribution in [1.82, 2.24) is 0 Å². The van der Waals surface area contributed by atoms with Gasteiger partial charge in [-0.15, -0.1) is 0 Å². The first kappa shape index (κ1) is 44.1. The number of benzene rings is 6. The molecule has 2 aliphatic heterocycles. The van der Waals surface area contributed by atoms with Crippen LogP contribution in [0, 0.1) is 6.92 Å². The molecule has 0 radical (unpaired) electrons. The van der Waals surface area contributed by atoms with E-state index in [1.54, 1.807) is 0 Å². The molecule has 0 saturated carbocycles. The molecule has 342 valence electrons. The molecule has 11 rings (SSSR count). The number of aryl methyl sites for hydroxylation is 1. The smallest absolute Gasteiger partial charge is 0.337 e. The molecule has 0 saturated heterocycles. The molecule has 0 bridgehead atoms. The Kier molecular flexibility index (Phi) is 9.39. The van der Waals surface area contributed by atoms with Gasteiger partial charge < -0.3 is 9.23 Å². The van der Waals surface area contributed by atoms with Gasteiger partial charge in [0.15, 0.2) is 0 Å². The maximum absolute atomic E-state index is 7.65. The summed E-state index contributed by atoms with van der Waals surface area (Å²) in [5, 5.41) is 1.22. The topological polar surface area (TPSA) is 19.6 Å². The normalized spacial score (nSPS) is 18.5. The first-order valence-corrected chi connectivity index (χ1v) is 25.2. The predicted molar refractivity (Wildman–Crippen MR) is 288 cm³/mol. The standard InChI is InChI=1S/C63H71BN2O/c1-38-31-45-44-34-41(59(5,6)7)22-26-52(44)66(42-23-24-47-48(35-42)61(10,11)28-27-60(47,8)9)64-55(45)53(32-38)65(51-25-21-40(58(2,3)4)33-43(51)39-19-17-16-18-20-39)57-56(64)46-36-49-50(37-54(46)67-57)63(14,15)30-29-62(49,12)13/h16-26,31-37H,27-30H2,1-15H3. The van der Waals surface area contributed by atoms with E-state index in [0.29, 0.717) is 0 Å². The third-order valence-electron chi connectivity index (χ3n) is 16.9. The summed E-state index contributed by atoms with van der Waals surface area (Å²) in [5.41, 5.74) is 23.3. The summed E-state index contributed by atoms with van der Waals surface area (Å²) in [6.07, 6.45) is 4.65. The van der Waals surface area contributed by atoms with E-state index in [0.717, 1.165) is 36.4 Å². The second-order valence-corrected chi connectivity index (χ2v) is 25.7. The summed E-state index contributed by atoms with van der Waals surface area (Å²) in [6, 6.07) is 43.0. The molecule has 6 aromatic carbocycles. The molecular formula is C63H71BN2O. The second kappa shape index (κ2) is 14.3. The molecule has 67 heavy (non-hydrogen) atoms. The maximum Gasteiger partial charge on any atom is 0.337 e. The fourth-order valence-electron chi connectivity index (χ4n) is 12.4. The lowest BCUT2D eigenvalue weighted by Crippen LogP contribution is -2.61. The maximum atomic E-state index is 7.65. The van der Waals surface area contributed by atoms with E-state index in [1.165, 1.54) is 101 Å². The fourth-order valence-corrected chi connectivity index (χ4v) is 12.4. The molecule has 3 nitrogen and oxygen atoms in total. The van der Waals surface area contributed by atoms with Crippen molar-refractivity contribution < 1.29 is 4.42 Å². The minimum Gasteiger partial charge on any atom is -0.440 e. The number of furan rings is 1. The SMILES string of the molecule is Cc1cc2c3c(c1)N(c1ccc(C(C)(C)C)cc1-c1ccccc1)c1oc4cc5c(cc4c1B3N(c1ccc3c(c1)C(C)(C)CCC3(C)C)c1ccc(C(C)(C)C)cc1-2)C(C)(C)CCC5(C)C. The number of fused-ring (bicyclic) bond motifs is 8. The van der Waals surface area contributed by atoms with Gasteiger partial charge in [-0.1, -0.05) is 152 Å². The molecule has 7 aromatic rings. The zero-order valence-electron chi connectivity index (χ0n) is 43.1. The highest BCUT2D eigenvalue weighted by Crippen LogP contribution is 2.54. The van der Waals surface area contributed by atoms with Gasteiger partial charge in [-0.05, 0) is 175 Å². The van der Waals surface area contributed by atoms with E-state index in [1.807, 2.05) is 0 Å². The summed E-state index contributed by atoms with van der Waals surface area (Å²) in [5.74, 6) is 0.918. The molecule has 4 aliphatic rings. The van der Waals surface area contributed by atoms with Gasteiger partial charge in [0.05, 0.1) is 5.69 Å². The first-order chi connectivity index (χ1) is 31.4. The van der Waals surface area contributed by atoms with Crippen molar-refractivity contribution in [2.24, 2.45) is 0 Å². The lowest BCUT2D eigenvalue weighted by Gasteiger charge is -2.46. The fraction of sp³-hybridized carbons (Fsp3) is 0.397. The van der Waals surface area contributed by atoms with Gasteiger partial charge in [-0.3, -0.25) is 4.90 Å². The Balaban J connectivity index is 1.30. The average Bonchev–Trinajstić information content (AvgIpc) is 3.64. The van der Waals surface area contributed by atoms with Crippen molar-refractivity contribution in [2.75, 3.05) is 9.71 Å². The third-order valence-corrected chi connectivity index (χ3v) is 16.9. The number of hydrogen-bond donors (Lipinski definition) is 0. The monoisotopic (exact) mass is 883 g/mol. The van der Waals surface area contributed by atoms with Crippen LogP contribution in [0.5, 0.6) is 0 Å². The summed E-state index contributed by atoms with van der Waals surface area (Å²) < 4.78 is 7.65. The van der Waals surface area contributed by atoms with Gasteiger partial charge in [0.1, 0.15) is 5.58 Å². The molecule has 1 aromatic heterocycles. The minimum atomic E-state index is -0.157. The lowest BCUT2D eigenvalue weighted by atomic mass is 9.43. The van der Waals surface area contributed by atoms with Gasteiger partial charge in [-0.2, -0.15) is 0 Å². The Morgan fingerprint density at radius 1 is 0.493 bits per heavy atom. The number of hydrogen-bond acceptors (Lipinski definition) is 3. The Morgan fingerprint density at radius 3 is 1.66 bits per heavy atom. The van der Waals surface area contributed by atoms with Gasteiger partial charge in [0, 0.05) is 39.0 Å². The average molecular weight is 883 g/mol. The first-order valence-electron chi connectivity index (χ1n) is 25.2. The number of rotatable bonds is 3. The molecule has 0 amide bonds. The van der Waals surface area contributed by atoms with Crippen LogP contribution in [0.25, 0.3) is 33.2 Å². The van der Waals surface area contributed by atoms with Gasteiger partial charge in [0.2, 0.25) is 5.88 Å². The molecule has 4 heteroatoms. The van der Waals surface area contributed by atoms with Crippen LogP contribution in [0.4, 0.5) is 28.6 Å². The molecule has 2 aliphatic carbocycles. The summed E-state index contributed by atoms with van der Waals surface area (Å²) in [4.78, 5) is 5.25. The van der Waals surface area contributed by atoms with Crippen LogP contribution in [0.3, 0.4) is 0 Å². The highest BCUT2D eigenvalue weighted by Gasteiger charge is 2.50. The molecular weight excluding hydrogens is 812 g/mol. The van der Waals surface area contributed by atoms with Crippen LogP contribution in [0.1, 0.15) is 162 Å². The highest BCUT2D eigenvalue weighted by molar-refractivity contribution is 6.95. The van der Waals surface area contributed by atoms with Gasteiger partial charge in [0.25, 0.3) is 0 Å². The lowest BCUT2D eigenvalue weighted by molar-refractivity contribution is 0.332. The van der Waals surface area contributed by atoms with Crippen LogP contribution < -0.4 is 20.6 Å². The molecule has 0 N–H and O–H groups in total. The van der Waals surface area contributed by atoms with E-state index in [9.17, 15) is 0 Å². The molecule has 0 unspecified atom stereocenters. The Bertz CT molecular complexity index is 3180. The Hall–Kier alpha value is -5.48. The second-order valence-electron chi connectivity index (χ2n) is 25.7. The highest BCUT2D eigenvalue weighted by atomic mass is 16.4. The molecule has 0 spiro atoms. The molecule has 3 heterocycles. The predicted octanol–water partition coefficient (Wildman–Crippen LogP) is 16.4. The van der Waals surface area contributed by atoms with Crippen molar-refractivity contribution in [3.8, 4) is 22.3 Å². The van der Waals surface area contributed by atoms with Crippen molar-refractivity contribution >= 4 is 57.4 Å². The summed E-state index contributed by atoms with van der Waals surface area (Å²) in [7, 11) is 0. The zero-order chi connectivity index (χ0) is 47.5. The van der Waals surface area contributed by atoms with Crippen LogP contribution >= 0.6 is 0 Å². The number of nitrogens with zero attached hydrogens (tertiary/aromatic N) is 2. The molecule has 0 fully saturated rings. The molecule has 0 atom stereocenters.